The number of hydrogen-bond donors (Lipinski definition) is 0. The van der Waals surface area contributed by atoms with Crippen LogP contribution in [0.15, 0.2) is 84.1 Å². The largest absolute Gasteiger partial charge is 0.497 e. The van der Waals surface area contributed by atoms with Crippen LogP contribution in [0.2, 0.25) is 0 Å². The maximum Gasteiger partial charge on any atom is 0.338 e. The molecule has 0 saturated carbocycles. The molecule has 1 atom stereocenters. The van der Waals surface area contributed by atoms with E-state index in [0.29, 0.717) is 17.0 Å². The lowest BCUT2D eigenvalue weighted by molar-refractivity contribution is -0.139. The molecule has 10 nitrogen and oxygen atoms in total. The van der Waals surface area contributed by atoms with Gasteiger partial charge in [-0.1, -0.05) is 36.4 Å². The summed E-state index contributed by atoms with van der Waals surface area (Å²) in [6.07, 6.45) is 0. The van der Waals surface area contributed by atoms with E-state index in [9.17, 15) is 9.59 Å². The summed E-state index contributed by atoms with van der Waals surface area (Å²) in [7, 11) is 1.60. The van der Waals surface area contributed by atoms with E-state index < -0.39 is 12.0 Å². The van der Waals surface area contributed by atoms with Crippen molar-refractivity contribution in [3.05, 3.63) is 101 Å². The monoisotopic (exact) mass is 578 g/mol. The quantitative estimate of drug-likeness (QED) is 0.212. The van der Waals surface area contributed by atoms with Crippen molar-refractivity contribution in [3.63, 3.8) is 0 Å². The van der Waals surface area contributed by atoms with Gasteiger partial charge in [-0.05, 0) is 69.7 Å². The fourth-order valence-electron chi connectivity index (χ4n) is 5.86. The topological polar surface area (TPSA) is 94.7 Å². The maximum atomic E-state index is 14.7. The normalized spacial score (nSPS) is 15.6. The van der Waals surface area contributed by atoms with Gasteiger partial charge in [0.1, 0.15) is 30.7 Å². The molecule has 1 aliphatic rings. The van der Waals surface area contributed by atoms with E-state index in [4.69, 9.17) is 19.4 Å². The minimum absolute atomic E-state index is 0.165. The minimum Gasteiger partial charge on any atom is -0.497 e. The molecule has 2 amide bonds. The molecule has 0 aliphatic carbocycles. The average Bonchev–Trinajstić information content (AvgIpc) is 3.50. The molecule has 0 saturated heterocycles. The third kappa shape index (κ3) is 4.88. The second kappa shape index (κ2) is 11.3. The number of benzene rings is 3. The summed E-state index contributed by atoms with van der Waals surface area (Å²) in [5, 5.41) is 0. The summed E-state index contributed by atoms with van der Waals surface area (Å²) >= 11 is 0. The molecule has 3 aromatic carbocycles. The summed E-state index contributed by atoms with van der Waals surface area (Å²) in [4.78, 5) is 41.2. The Morgan fingerprint density at radius 1 is 0.814 bits per heavy atom. The lowest BCUT2D eigenvalue weighted by Crippen LogP contribution is -2.51. The van der Waals surface area contributed by atoms with Crippen LogP contribution in [0.4, 0.5) is 4.79 Å². The molecular weight excluding hydrogens is 544 g/mol. The first-order valence-corrected chi connectivity index (χ1v) is 14.3. The molecule has 43 heavy (non-hydrogen) atoms. The molecule has 10 heteroatoms. The van der Waals surface area contributed by atoms with Crippen LogP contribution in [0.5, 0.6) is 5.75 Å². The van der Waals surface area contributed by atoms with Crippen LogP contribution in [-0.2, 0) is 22.9 Å². The van der Waals surface area contributed by atoms with Crippen molar-refractivity contribution in [1.82, 2.24) is 28.9 Å². The Kier molecular flexibility index (Phi) is 7.35. The van der Waals surface area contributed by atoms with Crippen LogP contribution in [0.1, 0.15) is 37.1 Å². The van der Waals surface area contributed by atoms with Crippen molar-refractivity contribution in [1.29, 1.82) is 0 Å². The standard InChI is InChI=1S/C33H34N6O4/c1-6-43-32(40)30-21(2)36(19-37-22(3)34-26-11-7-9-13-28(26)37)33(41)39(31(30)24-15-17-25(42-5)18-16-24)20-38-23(4)35-27-12-8-10-14-29(27)38/h7-18,31H,6,19-20H2,1-5H3. The van der Waals surface area contributed by atoms with Crippen LogP contribution in [0, 0.1) is 13.8 Å². The van der Waals surface area contributed by atoms with Gasteiger partial charge >= 0.3 is 12.0 Å². The van der Waals surface area contributed by atoms with Crippen molar-refractivity contribution in [3.8, 4) is 5.75 Å². The Morgan fingerprint density at radius 2 is 1.37 bits per heavy atom. The third-order valence-corrected chi connectivity index (χ3v) is 8.05. The molecule has 6 rings (SSSR count). The second-order valence-electron chi connectivity index (χ2n) is 10.5. The van der Waals surface area contributed by atoms with E-state index in [1.165, 1.54) is 0 Å². The number of aryl methyl sites for hydroxylation is 2. The van der Waals surface area contributed by atoms with Crippen LogP contribution in [0.3, 0.4) is 0 Å². The zero-order chi connectivity index (χ0) is 30.2. The Labute approximate surface area is 249 Å². The SMILES string of the molecule is CCOC(=O)C1=C(C)N(Cn2c(C)nc3ccccc32)C(=O)N(Cn2c(C)nc3ccccc32)C1c1ccc(OC)cc1. The van der Waals surface area contributed by atoms with E-state index in [1.54, 1.807) is 23.8 Å². The van der Waals surface area contributed by atoms with Crippen LogP contribution in [-0.4, -0.2) is 54.6 Å². The summed E-state index contributed by atoms with van der Waals surface area (Å²) in [5.41, 5.74) is 5.17. The number of imidazole rings is 2. The first-order valence-electron chi connectivity index (χ1n) is 14.3. The number of hydrogen-bond acceptors (Lipinski definition) is 6. The van der Waals surface area contributed by atoms with Crippen LogP contribution >= 0.6 is 0 Å². The van der Waals surface area contributed by atoms with Crippen LogP contribution in [0.25, 0.3) is 22.1 Å². The zero-order valence-corrected chi connectivity index (χ0v) is 24.9. The predicted octanol–water partition coefficient (Wildman–Crippen LogP) is 5.94. The van der Waals surface area contributed by atoms with Gasteiger partial charge in [-0.2, -0.15) is 0 Å². The highest BCUT2D eigenvalue weighted by atomic mass is 16.5. The molecule has 220 valence electrons. The van der Waals surface area contributed by atoms with Gasteiger partial charge in [0.15, 0.2) is 0 Å². The minimum atomic E-state index is -0.713. The van der Waals surface area contributed by atoms with Gasteiger partial charge < -0.3 is 18.6 Å². The highest BCUT2D eigenvalue weighted by molar-refractivity contribution is 5.95. The Morgan fingerprint density at radius 3 is 1.93 bits per heavy atom. The fourth-order valence-corrected chi connectivity index (χ4v) is 5.86. The number of esters is 1. The Hall–Kier alpha value is -5.12. The van der Waals surface area contributed by atoms with E-state index in [1.807, 2.05) is 103 Å². The highest BCUT2D eigenvalue weighted by Crippen LogP contribution is 2.40. The van der Waals surface area contributed by atoms with Gasteiger partial charge in [0.2, 0.25) is 0 Å². The maximum absolute atomic E-state index is 14.7. The number of methoxy groups -OCH3 is 1. The summed E-state index contributed by atoms with van der Waals surface area (Å²) < 4.78 is 15.0. The number of amides is 2. The number of ether oxygens (including phenoxy) is 2. The van der Waals surface area contributed by atoms with Gasteiger partial charge in [-0.25, -0.2) is 19.6 Å². The summed E-state index contributed by atoms with van der Waals surface area (Å²) in [6.45, 7) is 7.97. The van der Waals surface area contributed by atoms with E-state index in [2.05, 4.69) is 0 Å². The molecule has 2 aromatic heterocycles. The third-order valence-electron chi connectivity index (χ3n) is 8.05. The van der Waals surface area contributed by atoms with E-state index in [0.717, 1.165) is 39.3 Å². The molecule has 5 aromatic rings. The molecule has 0 fully saturated rings. The highest BCUT2D eigenvalue weighted by Gasteiger charge is 2.43. The fraction of sp³-hybridized carbons (Fsp3) is 0.273. The smallest absolute Gasteiger partial charge is 0.338 e. The molecule has 1 unspecified atom stereocenters. The van der Waals surface area contributed by atoms with Gasteiger partial charge in [-0.3, -0.25) is 9.80 Å². The van der Waals surface area contributed by atoms with Gasteiger partial charge in [0.05, 0.1) is 47.4 Å². The Balaban J connectivity index is 1.54. The number of allylic oxidation sites excluding steroid dienone is 1. The Bertz CT molecular complexity index is 1870. The number of para-hydroxylation sites is 4. The van der Waals surface area contributed by atoms with Crippen molar-refractivity contribution in [2.45, 2.75) is 47.1 Å². The van der Waals surface area contributed by atoms with Crippen molar-refractivity contribution in [2.24, 2.45) is 0 Å². The number of nitrogens with zero attached hydrogens (tertiary/aromatic N) is 6. The number of rotatable bonds is 8. The predicted molar refractivity (Wildman–Crippen MR) is 163 cm³/mol. The van der Waals surface area contributed by atoms with Crippen molar-refractivity contribution < 1.29 is 19.1 Å². The number of carbonyl (C=O) groups excluding carboxylic acids is 2. The number of aromatic nitrogens is 4. The molecule has 0 radical (unpaired) electrons. The average molecular weight is 579 g/mol. The number of fused-ring (bicyclic) bond motifs is 2. The van der Waals surface area contributed by atoms with E-state index >= 15 is 0 Å². The van der Waals surface area contributed by atoms with Gasteiger partial charge in [-0.15, -0.1) is 0 Å². The molecule has 0 bridgehead atoms. The molecule has 1 aliphatic heterocycles. The van der Waals surface area contributed by atoms with E-state index in [-0.39, 0.29) is 26.0 Å². The molecule has 0 N–H and O–H groups in total. The van der Waals surface area contributed by atoms with Gasteiger partial charge in [0, 0.05) is 5.70 Å². The number of urea groups is 1. The number of carbonyl (C=O) groups is 2. The lowest BCUT2D eigenvalue weighted by Gasteiger charge is -2.43. The van der Waals surface area contributed by atoms with Gasteiger partial charge in [0.25, 0.3) is 0 Å². The van der Waals surface area contributed by atoms with Crippen molar-refractivity contribution in [2.75, 3.05) is 13.7 Å². The molecule has 3 heterocycles. The summed E-state index contributed by atoms with van der Waals surface area (Å²) in [5.74, 6) is 1.73. The molecule has 0 spiro atoms. The first kappa shape index (κ1) is 28.0. The van der Waals surface area contributed by atoms with Crippen LogP contribution < -0.4 is 4.74 Å². The zero-order valence-electron chi connectivity index (χ0n) is 24.9. The first-order chi connectivity index (χ1) is 20.8. The summed E-state index contributed by atoms with van der Waals surface area (Å²) in [6, 6.07) is 22.1. The molecular formula is C33H34N6O4. The lowest BCUT2D eigenvalue weighted by atomic mass is 9.93. The van der Waals surface area contributed by atoms with Crippen molar-refractivity contribution >= 4 is 34.1 Å². The second-order valence-corrected chi connectivity index (χ2v) is 10.5.